The summed E-state index contributed by atoms with van der Waals surface area (Å²) < 4.78 is 10.2. The molecule has 0 unspecified atom stereocenters. The Labute approximate surface area is 53.5 Å². The molecule has 3 heteroatoms. The fourth-order valence-corrected chi connectivity index (χ4v) is 0.803. The maximum atomic E-state index is 5.27. The van der Waals surface area contributed by atoms with Gasteiger partial charge in [-0.3, -0.25) is 0 Å². The van der Waals surface area contributed by atoms with Gasteiger partial charge in [-0.15, -0.1) is 11.8 Å². The molecule has 1 saturated heterocycles. The number of hydrogen-bond donors (Lipinski definition) is 0. The summed E-state index contributed by atoms with van der Waals surface area (Å²) in [6, 6.07) is 0. The minimum atomic E-state index is 0.391. The third-order valence-corrected chi connectivity index (χ3v) is 1.40. The summed E-state index contributed by atoms with van der Waals surface area (Å²) >= 11 is 1.70. The second kappa shape index (κ2) is 3.33. The molecule has 0 saturated carbocycles. The van der Waals surface area contributed by atoms with Gasteiger partial charge in [-0.2, -0.15) is 0 Å². The highest BCUT2D eigenvalue weighted by Crippen LogP contribution is 2.07. The highest BCUT2D eigenvalue weighted by Gasteiger charge is 2.17. The van der Waals surface area contributed by atoms with E-state index in [1.807, 2.05) is 6.26 Å². The smallest absolute Gasteiger partial charge is 0.105 e. The molecule has 1 aliphatic heterocycles. The van der Waals surface area contributed by atoms with Crippen LogP contribution in [-0.4, -0.2) is 31.5 Å². The Bertz CT molecular complexity index is 63.4. The van der Waals surface area contributed by atoms with Gasteiger partial charge < -0.3 is 9.47 Å². The Morgan fingerprint density at radius 3 is 2.88 bits per heavy atom. The molecule has 1 aliphatic rings. The Morgan fingerprint density at radius 2 is 2.50 bits per heavy atom. The number of thioether (sulfide) groups is 1. The number of rotatable bonds is 3. The van der Waals surface area contributed by atoms with Crippen LogP contribution in [0.1, 0.15) is 0 Å². The largest absolute Gasteiger partial charge is 0.376 e. The molecule has 8 heavy (non-hydrogen) atoms. The summed E-state index contributed by atoms with van der Waals surface area (Å²) in [6.45, 7) is 1.58. The molecule has 0 N–H and O–H groups in total. The second-order valence-corrected chi connectivity index (χ2v) is 2.55. The van der Waals surface area contributed by atoms with Crippen LogP contribution in [0.25, 0.3) is 0 Å². The van der Waals surface area contributed by atoms with Gasteiger partial charge in [-0.05, 0) is 6.26 Å². The monoisotopic (exact) mass is 134 g/mol. The van der Waals surface area contributed by atoms with Crippen molar-refractivity contribution in [3.8, 4) is 0 Å². The van der Waals surface area contributed by atoms with E-state index < -0.39 is 0 Å². The van der Waals surface area contributed by atoms with Crippen molar-refractivity contribution < 1.29 is 9.47 Å². The minimum absolute atomic E-state index is 0.391. The van der Waals surface area contributed by atoms with E-state index in [0.29, 0.717) is 6.10 Å². The molecule has 0 atom stereocenters. The van der Waals surface area contributed by atoms with Crippen molar-refractivity contribution >= 4 is 11.8 Å². The summed E-state index contributed by atoms with van der Waals surface area (Å²) in [5.41, 5.74) is 0. The van der Waals surface area contributed by atoms with E-state index in [2.05, 4.69) is 0 Å². The van der Waals surface area contributed by atoms with Gasteiger partial charge >= 0.3 is 0 Å². The Balaban J connectivity index is 1.86. The lowest BCUT2D eigenvalue weighted by molar-refractivity contribution is -0.117. The Kier molecular flexibility index (Phi) is 2.66. The lowest BCUT2D eigenvalue weighted by Gasteiger charge is -2.25. The molecule has 1 rings (SSSR count). The van der Waals surface area contributed by atoms with E-state index in [0.717, 1.165) is 19.2 Å². The molecule has 0 spiro atoms. The van der Waals surface area contributed by atoms with E-state index in [1.165, 1.54) is 0 Å². The fourth-order valence-electron chi connectivity index (χ4n) is 0.475. The van der Waals surface area contributed by atoms with Crippen molar-refractivity contribution in [3.63, 3.8) is 0 Å². The van der Waals surface area contributed by atoms with Crippen molar-refractivity contribution in [2.45, 2.75) is 6.10 Å². The van der Waals surface area contributed by atoms with Gasteiger partial charge in [0.25, 0.3) is 0 Å². The van der Waals surface area contributed by atoms with Crippen LogP contribution in [0.5, 0.6) is 0 Å². The van der Waals surface area contributed by atoms with Gasteiger partial charge in [-0.1, -0.05) is 0 Å². The zero-order valence-electron chi connectivity index (χ0n) is 4.92. The van der Waals surface area contributed by atoms with Gasteiger partial charge in [-0.25, -0.2) is 0 Å². The number of ether oxygens (including phenoxy) is 2. The highest BCUT2D eigenvalue weighted by molar-refractivity contribution is 7.98. The first-order valence-electron chi connectivity index (χ1n) is 2.62. The summed E-state index contributed by atoms with van der Waals surface area (Å²) in [6.07, 6.45) is 2.42. The fraction of sp³-hybridized carbons (Fsp3) is 1.00. The first kappa shape index (κ1) is 6.39. The zero-order valence-corrected chi connectivity index (χ0v) is 5.74. The summed E-state index contributed by atoms with van der Waals surface area (Å²) in [5, 5.41) is 0. The molecule has 48 valence electrons. The Morgan fingerprint density at radius 1 is 1.75 bits per heavy atom. The van der Waals surface area contributed by atoms with Gasteiger partial charge in [0.2, 0.25) is 0 Å². The summed E-state index contributed by atoms with van der Waals surface area (Å²) in [5.74, 6) is 0.800. The predicted octanol–water partition coefficient (Wildman–Crippen LogP) is 0.722. The van der Waals surface area contributed by atoms with E-state index in [1.54, 1.807) is 11.8 Å². The molecule has 2 nitrogen and oxygen atoms in total. The summed E-state index contributed by atoms with van der Waals surface area (Å²) in [7, 11) is 0. The molecule has 1 fully saturated rings. The molecular weight excluding hydrogens is 124 g/mol. The van der Waals surface area contributed by atoms with E-state index >= 15 is 0 Å². The molecule has 1 heterocycles. The van der Waals surface area contributed by atoms with E-state index in [9.17, 15) is 0 Å². The second-order valence-electron chi connectivity index (χ2n) is 1.73. The van der Waals surface area contributed by atoms with E-state index in [-0.39, 0.29) is 0 Å². The van der Waals surface area contributed by atoms with Crippen LogP contribution in [-0.2, 0) is 9.47 Å². The average Bonchev–Trinajstić information content (AvgIpc) is 1.63. The first-order chi connectivity index (χ1) is 3.93. The zero-order chi connectivity index (χ0) is 5.82. The van der Waals surface area contributed by atoms with Gasteiger partial charge in [0.05, 0.1) is 19.2 Å². The molecule has 0 radical (unpaired) electrons. The van der Waals surface area contributed by atoms with Crippen LogP contribution in [0, 0.1) is 0 Å². The lowest BCUT2D eigenvalue weighted by atomic mass is 10.3. The SMILES string of the molecule is CSCOC1COC1. The standard InChI is InChI=1S/C5H10O2S/c1-8-4-7-5-2-6-3-5/h5H,2-4H2,1H3. The van der Waals surface area contributed by atoms with Crippen molar-refractivity contribution in [2.24, 2.45) is 0 Å². The minimum Gasteiger partial charge on any atom is -0.376 e. The topological polar surface area (TPSA) is 18.5 Å². The maximum Gasteiger partial charge on any atom is 0.105 e. The van der Waals surface area contributed by atoms with E-state index in [4.69, 9.17) is 9.47 Å². The molecule has 0 amide bonds. The van der Waals surface area contributed by atoms with Gasteiger partial charge in [0, 0.05) is 0 Å². The molecule has 0 bridgehead atoms. The van der Waals surface area contributed by atoms with Crippen molar-refractivity contribution in [1.82, 2.24) is 0 Å². The average molecular weight is 134 g/mol. The highest BCUT2D eigenvalue weighted by atomic mass is 32.2. The molecular formula is C5H10O2S. The molecule has 0 aromatic carbocycles. The predicted molar refractivity (Wildman–Crippen MR) is 34.1 cm³/mol. The van der Waals surface area contributed by atoms with Crippen LogP contribution in [0.3, 0.4) is 0 Å². The van der Waals surface area contributed by atoms with Crippen LogP contribution >= 0.6 is 11.8 Å². The van der Waals surface area contributed by atoms with Crippen molar-refractivity contribution in [3.05, 3.63) is 0 Å². The first-order valence-corrected chi connectivity index (χ1v) is 4.01. The van der Waals surface area contributed by atoms with Crippen LogP contribution in [0.15, 0.2) is 0 Å². The van der Waals surface area contributed by atoms with Gasteiger partial charge in [0.1, 0.15) is 6.10 Å². The van der Waals surface area contributed by atoms with Gasteiger partial charge in [0.15, 0.2) is 0 Å². The molecule has 0 aromatic heterocycles. The third-order valence-electron chi connectivity index (χ3n) is 1.03. The van der Waals surface area contributed by atoms with Crippen LogP contribution in [0.4, 0.5) is 0 Å². The number of hydrogen-bond acceptors (Lipinski definition) is 3. The van der Waals surface area contributed by atoms with Crippen molar-refractivity contribution in [1.29, 1.82) is 0 Å². The maximum absolute atomic E-state index is 5.27. The third kappa shape index (κ3) is 1.65. The van der Waals surface area contributed by atoms with Crippen LogP contribution < -0.4 is 0 Å². The molecule has 0 aromatic rings. The lowest BCUT2D eigenvalue weighted by Crippen LogP contribution is -2.35. The molecule has 0 aliphatic carbocycles. The normalized spacial score (nSPS) is 20.6. The van der Waals surface area contributed by atoms with Crippen LogP contribution in [0.2, 0.25) is 0 Å². The quantitative estimate of drug-likeness (QED) is 0.530. The Hall–Kier alpha value is 0.270. The summed E-state index contributed by atoms with van der Waals surface area (Å²) in [4.78, 5) is 0. The van der Waals surface area contributed by atoms with Crippen molar-refractivity contribution in [2.75, 3.05) is 25.4 Å².